The molecule has 0 aliphatic carbocycles. The van der Waals surface area contributed by atoms with Crippen LogP contribution in [0.1, 0.15) is 52.4 Å². The first-order chi connectivity index (χ1) is 10.0. The van der Waals surface area contributed by atoms with Crippen molar-refractivity contribution in [3.8, 4) is 0 Å². The van der Waals surface area contributed by atoms with Crippen molar-refractivity contribution in [3.63, 3.8) is 0 Å². The number of hydrogen-bond acceptors (Lipinski definition) is 3. The van der Waals surface area contributed by atoms with Crippen LogP contribution in [0.3, 0.4) is 0 Å². The number of unbranched alkanes of at least 4 members (excludes halogenated alkanes) is 4. The number of anilines is 1. The minimum Gasteiger partial charge on any atom is -0.398 e. The molecule has 0 saturated heterocycles. The highest BCUT2D eigenvalue weighted by Crippen LogP contribution is 2.23. The smallest absolute Gasteiger partial charge is 0.245 e. The molecule has 0 unspecified atom stereocenters. The molecule has 5 heteroatoms. The summed E-state index contributed by atoms with van der Waals surface area (Å²) in [6.07, 6.45) is 6.05. The molecule has 0 bridgehead atoms. The summed E-state index contributed by atoms with van der Waals surface area (Å²) in [5, 5.41) is 0. The minimum atomic E-state index is -3.48. The topological polar surface area (TPSA) is 63.4 Å². The van der Waals surface area contributed by atoms with E-state index >= 15 is 0 Å². The number of sulfonamides is 1. The molecule has 0 aliphatic heterocycles. The first-order valence-corrected chi connectivity index (χ1v) is 9.32. The van der Waals surface area contributed by atoms with Gasteiger partial charge in [-0.2, -0.15) is 4.31 Å². The van der Waals surface area contributed by atoms with Gasteiger partial charge in [-0.25, -0.2) is 8.42 Å². The number of para-hydroxylation sites is 1. The van der Waals surface area contributed by atoms with Gasteiger partial charge in [-0.1, -0.05) is 51.7 Å². The molecule has 21 heavy (non-hydrogen) atoms. The van der Waals surface area contributed by atoms with Gasteiger partial charge >= 0.3 is 0 Å². The average molecular weight is 312 g/mol. The number of hydrogen-bond donors (Lipinski definition) is 1. The zero-order valence-electron chi connectivity index (χ0n) is 13.2. The Kier molecular flexibility index (Phi) is 7.75. The molecule has 120 valence electrons. The van der Waals surface area contributed by atoms with Crippen LogP contribution in [0.4, 0.5) is 5.69 Å². The highest BCUT2D eigenvalue weighted by Gasteiger charge is 2.25. The highest BCUT2D eigenvalue weighted by atomic mass is 32.2. The number of nitrogen functional groups attached to an aromatic ring is 1. The molecule has 4 nitrogen and oxygen atoms in total. The van der Waals surface area contributed by atoms with Crippen LogP contribution in [-0.2, 0) is 10.0 Å². The van der Waals surface area contributed by atoms with Crippen molar-refractivity contribution in [2.45, 2.75) is 57.3 Å². The van der Waals surface area contributed by atoms with E-state index in [1.165, 1.54) is 0 Å². The molecule has 1 aromatic rings. The SMILES string of the molecule is CCCCCN(CCCCC)S(=O)(=O)c1ccccc1N. The molecular formula is C16H28N2O2S. The molecule has 0 spiro atoms. The van der Waals surface area contributed by atoms with Crippen molar-refractivity contribution < 1.29 is 8.42 Å². The van der Waals surface area contributed by atoms with E-state index < -0.39 is 10.0 Å². The zero-order valence-corrected chi connectivity index (χ0v) is 14.0. The van der Waals surface area contributed by atoms with Crippen LogP contribution in [0.2, 0.25) is 0 Å². The maximum atomic E-state index is 12.8. The summed E-state index contributed by atoms with van der Waals surface area (Å²) >= 11 is 0. The van der Waals surface area contributed by atoms with Crippen molar-refractivity contribution >= 4 is 15.7 Å². The molecule has 0 heterocycles. The van der Waals surface area contributed by atoms with Crippen LogP contribution in [0.15, 0.2) is 29.2 Å². The second-order valence-corrected chi connectivity index (χ2v) is 7.26. The van der Waals surface area contributed by atoms with E-state index in [4.69, 9.17) is 5.73 Å². The predicted octanol–water partition coefficient (Wildman–Crippen LogP) is 3.64. The van der Waals surface area contributed by atoms with Crippen LogP contribution >= 0.6 is 0 Å². The summed E-state index contributed by atoms with van der Waals surface area (Å²) in [5.41, 5.74) is 6.18. The van der Waals surface area contributed by atoms with Gasteiger partial charge in [-0.15, -0.1) is 0 Å². The molecule has 0 aliphatic rings. The summed E-state index contributed by atoms with van der Waals surface area (Å²) in [6.45, 7) is 5.39. The lowest BCUT2D eigenvalue weighted by Crippen LogP contribution is -2.33. The molecule has 0 atom stereocenters. The van der Waals surface area contributed by atoms with E-state index in [-0.39, 0.29) is 4.90 Å². The molecule has 1 aromatic carbocycles. The first-order valence-electron chi connectivity index (χ1n) is 7.88. The highest BCUT2D eigenvalue weighted by molar-refractivity contribution is 7.89. The van der Waals surface area contributed by atoms with Crippen molar-refractivity contribution in [3.05, 3.63) is 24.3 Å². The van der Waals surface area contributed by atoms with Gasteiger partial charge in [-0.05, 0) is 25.0 Å². The van der Waals surface area contributed by atoms with Crippen molar-refractivity contribution in [2.24, 2.45) is 0 Å². The van der Waals surface area contributed by atoms with Gasteiger partial charge in [0, 0.05) is 13.1 Å². The maximum absolute atomic E-state index is 12.8. The fourth-order valence-corrected chi connectivity index (χ4v) is 3.92. The molecule has 0 radical (unpaired) electrons. The predicted molar refractivity (Wildman–Crippen MR) is 88.7 cm³/mol. The Morgan fingerprint density at radius 3 is 1.95 bits per heavy atom. The van der Waals surface area contributed by atoms with E-state index in [1.54, 1.807) is 28.6 Å². The summed E-state index contributed by atoms with van der Waals surface area (Å²) in [4.78, 5) is 0.234. The average Bonchev–Trinajstić information content (AvgIpc) is 2.46. The summed E-state index contributed by atoms with van der Waals surface area (Å²) in [5.74, 6) is 0. The summed E-state index contributed by atoms with van der Waals surface area (Å²) in [6, 6.07) is 6.72. The third-order valence-corrected chi connectivity index (χ3v) is 5.53. The standard InChI is InChI=1S/C16H28N2O2S/c1-3-5-9-13-18(14-10-6-4-2)21(19,20)16-12-8-7-11-15(16)17/h7-8,11-12H,3-6,9-10,13-14,17H2,1-2H3. The summed E-state index contributed by atoms with van der Waals surface area (Å²) < 4.78 is 27.2. The third kappa shape index (κ3) is 5.32. The second kappa shape index (κ2) is 9.05. The summed E-state index contributed by atoms with van der Waals surface area (Å²) in [7, 11) is -3.48. The van der Waals surface area contributed by atoms with Gasteiger partial charge < -0.3 is 5.73 Å². The van der Waals surface area contributed by atoms with Gasteiger partial charge in [0.2, 0.25) is 10.0 Å². The van der Waals surface area contributed by atoms with Crippen molar-refractivity contribution in [1.29, 1.82) is 0 Å². The number of nitrogens with two attached hydrogens (primary N) is 1. The monoisotopic (exact) mass is 312 g/mol. The molecule has 0 saturated carbocycles. The maximum Gasteiger partial charge on any atom is 0.245 e. The Balaban J connectivity index is 2.90. The Morgan fingerprint density at radius 1 is 0.952 bits per heavy atom. The fourth-order valence-electron chi connectivity index (χ4n) is 2.28. The zero-order chi connectivity index (χ0) is 15.7. The van der Waals surface area contributed by atoms with Gasteiger partial charge in [0.15, 0.2) is 0 Å². The van der Waals surface area contributed by atoms with Crippen LogP contribution in [0.5, 0.6) is 0 Å². The van der Waals surface area contributed by atoms with Gasteiger partial charge in [0.1, 0.15) is 4.90 Å². The Morgan fingerprint density at radius 2 is 1.48 bits per heavy atom. The van der Waals surface area contributed by atoms with Crippen LogP contribution < -0.4 is 5.73 Å². The fraction of sp³-hybridized carbons (Fsp3) is 0.625. The molecule has 0 fully saturated rings. The lowest BCUT2D eigenvalue weighted by molar-refractivity contribution is 0.389. The second-order valence-electron chi connectivity index (χ2n) is 5.36. The van der Waals surface area contributed by atoms with Crippen LogP contribution in [0.25, 0.3) is 0 Å². The van der Waals surface area contributed by atoms with E-state index in [1.807, 2.05) is 0 Å². The molecule has 0 aromatic heterocycles. The van der Waals surface area contributed by atoms with Gasteiger partial charge in [-0.3, -0.25) is 0 Å². The minimum absolute atomic E-state index is 0.234. The quantitative estimate of drug-likeness (QED) is 0.530. The largest absolute Gasteiger partial charge is 0.398 e. The Bertz CT molecular complexity index is 505. The lowest BCUT2D eigenvalue weighted by Gasteiger charge is -2.23. The van der Waals surface area contributed by atoms with Crippen LogP contribution in [0, 0.1) is 0 Å². The molecular weight excluding hydrogens is 284 g/mol. The Labute approximate surface area is 129 Å². The molecule has 2 N–H and O–H groups in total. The number of rotatable bonds is 10. The van der Waals surface area contributed by atoms with Gasteiger partial charge in [0.25, 0.3) is 0 Å². The van der Waals surface area contributed by atoms with E-state index in [0.29, 0.717) is 18.8 Å². The van der Waals surface area contributed by atoms with Crippen LogP contribution in [-0.4, -0.2) is 25.8 Å². The first kappa shape index (κ1) is 18.0. The Hall–Kier alpha value is -1.07. The third-order valence-electron chi connectivity index (χ3n) is 3.56. The van der Waals surface area contributed by atoms with E-state index in [9.17, 15) is 8.42 Å². The van der Waals surface area contributed by atoms with E-state index in [2.05, 4.69) is 13.8 Å². The lowest BCUT2D eigenvalue weighted by atomic mass is 10.2. The number of nitrogens with zero attached hydrogens (tertiary/aromatic N) is 1. The molecule has 1 rings (SSSR count). The van der Waals surface area contributed by atoms with E-state index in [0.717, 1.165) is 38.5 Å². The normalized spacial score (nSPS) is 12.0. The molecule has 0 amide bonds. The van der Waals surface area contributed by atoms with Crippen molar-refractivity contribution in [1.82, 2.24) is 4.31 Å². The van der Waals surface area contributed by atoms with Crippen molar-refractivity contribution in [2.75, 3.05) is 18.8 Å². The number of benzene rings is 1. The van der Waals surface area contributed by atoms with Gasteiger partial charge in [0.05, 0.1) is 5.69 Å².